The van der Waals surface area contributed by atoms with Gasteiger partial charge >= 0.3 is 0 Å². The average molecular weight is 379 g/mol. The highest BCUT2D eigenvalue weighted by molar-refractivity contribution is 6.32. The quantitative estimate of drug-likeness (QED) is 0.675. The fourth-order valence-electron chi connectivity index (χ4n) is 3.39. The van der Waals surface area contributed by atoms with Gasteiger partial charge in [-0.2, -0.15) is 0 Å². The first-order valence-corrected chi connectivity index (χ1v) is 9.74. The molecule has 27 heavy (non-hydrogen) atoms. The molecule has 3 aromatic rings. The van der Waals surface area contributed by atoms with Gasteiger partial charge in [0.1, 0.15) is 0 Å². The average Bonchev–Trinajstić information content (AvgIpc) is 2.71. The van der Waals surface area contributed by atoms with E-state index in [1.54, 1.807) is 6.20 Å². The Hall–Kier alpha value is -2.43. The smallest absolute Gasteiger partial charge is 0.223 e. The molecule has 1 aliphatic rings. The normalized spacial score (nSPS) is 16.9. The van der Waals surface area contributed by atoms with E-state index in [4.69, 9.17) is 16.6 Å². The van der Waals surface area contributed by atoms with Gasteiger partial charge in [-0.1, -0.05) is 59.6 Å². The summed E-state index contributed by atoms with van der Waals surface area (Å²) in [4.78, 5) is 9.07. The maximum atomic E-state index is 6.43. The van der Waals surface area contributed by atoms with E-state index in [1.807, 2.05) is 12.1 Å². The van der Waals surface area contributed by atoms with Crippen LogP contribution >= 0.6 is 11.6 Å². The van der Waals surface area contributed by atoms with Gasteiger partial charge < -0.3 is 10.6 Å². The highest BCUT2D eigenvalue weighted by Crippen LogP contribution is 2.30. The van der Waals surface area contributed by atoms with Crippen LogP contribution < -0.4 is 10.6 Å². The second-order valence-electron chi connectivity index (χ2n) is 7.02. The van der Waals surface area contributed by atoms with E-state index in [9.17, 15) is 0 Å². The van der Waals surface area contributed by atoms with Crippen molar-refractivity contribution in [3.8, 4) is 22.4 Å². The minimum atomic E-state index is 0.353. The molecule has 1 atom stereocenters. The lowest BCUT2D eigenvalue weighted by molar-refractivity contribution is 0.478. The van der Waals surface area contributed by atoms with Gasteiger partial charge in [0.2, 0.25) is 5.95 Å². The number of anilines is 1. The number of halogens is 1. The monoisotopic (exact) mass is 378 g/mol. The van der Waals surface area contributed by atoms with Crippen molar-refractivity contribution >= 4 is 17.5 Å². The van der Waals surface area contributed by atoms with Crippen LogP contribution in [0.2, 0.25) is 5.02 Å². The number of aryl methyl sites for hydroxylation is 1. The summed E-state index contributed by atoms with van der Waals surface area (Å²) >= 11 is 6.43. The Morgan fingerprint density at radius 2 is 1.89 bits per heavy atom. The number of aromatic nitrogens is 2. The van der Waals surface area contributed by atoms with Crippen molar-refractivity contribution in [2.75, 3.05) is 18.4 Å². The van der Waals surface area contributed by atoms with Crippen LogP contribution in [0.25, 0.3) is 22.4 Å². The van der Waals surface area contributed by atoms with E-state index in [-0.39, 0.29) is 0 Å². The second-order valence-corrected chi connectivity index (χ2v) is 7.43. The van der Waals surface area contributed by atoms with Crippen LogP contribution in [0.1, 0.15) is 18.4 Å². The van der Waals surface area contributed by atoms with Gasteiger partial charge in [-0.05, 0) is 43.5 Å². The predicted molar refractivity (Wildman–Crippen MR) is 112 cm³/mol. The number of rotatable bonds is 4. The number of piperidine rings is 1. The Morgan fingerprint density at radius 1 is 1.07 bits per heavy atom. The first-order valence-electron chi connectivity index (χ1n) is 9.36. The van der Waals surface area contributed by atoms with Gasteiger partial charge in [0.25, 0.3) is 0 Å². The van der Waals surface area contributed by atoms with Crippen molar-refractivity contribution in [3.05, 3.63) is 65.3 Å². The van der Waals surface area contributed by atoms with Gasteiger partial charge in [-0.25, -0.2) is 9.97 Å². The van der Waals surface area contributed by atoms with E-state index < -0.39 is 0 Å². The van der Waals surface area contributed by atoms with Crippen LogP contribution in [0, 0.1) is 6.92 Å². The lowest BCUT2D eigenvalue weighted by atomic mass is 10.0. The maximum absolute atomic E-state index is 6.43. The summed E-state index contributed by atoms with van der Waals surface area (Å²) in [5.74, 6) is 0.629. The molecular weight excluding hydrogens is 356 g/mol. The molecule has 1 fully saturated rings. The second kappa shape index (κ2) is 8.07. The molecule has 2 N–H and O–H groups in total. The van der Waals surface area contributed by atoms with Gasteiger partial charge in [-0.3, -0.25) is 0 Å². The van der Waals surface area contributed by atoms with E-state index in [1.165, 1.54) is 11.1 Å². The summed E-state index contributed by atoms with van der Waals surface area (Å²) < 4.78 is 0. The topological polar surface area (TPSA) is 49.8 Å². The number of hydrogen-bond donors (Lipinski definition) is 2. The van der Waals surface area contributed by atoms with Gasteiger partial charge in [-0.15, -0.1) is 0 Å². The molecular formula is C22H23ClN4. The molecule has 1 aliphatic heterocycles. The minimum absolute atomic E-state index is 0.353. The third-order valence-electron chi connectivity index (χ3n) is 4.90. The first kappa shape index (κ1) is 18.0. The SMILES string of the molecule is Cc1ccc(-c2cccc(-c3nc(N[C@H]4CCCNC4)ncc3Cl)c2)cc1. The standard InChI is InChI=1S/C22H23ClN4/c1-15-7-9-16(10-8-15)17-4-2-5-18(12-17)21-20(23)14-25-22(27-21)26-19-6-3-11-24-13-19/h2,4-5,7-10,12,14,19,24H,3,6,11,13H2,1H3,(H,25,26,27)/t19-/m0/s1. The molecule has 4 nitrogen and oxygen atoms in total. The molecule has 5 heteroatoms. The van der Waals surface area contributed by atoms with Crippen LogP contribution in [0.4, 0.5) is 5.95 Å². The molecule has 0 bridgehead atoms. The van der Waals surface area contributed by atoms with Crippen molar-refractivity contribution in [1.82, 2.24) is 15.3 Å². The number of hydrogen-bond acceptors (Lipinski definition) is 4. The number of benzene rings is 2. The highest BCUT2D eigenvalue weighted by Gasteiger charge is 2.15. The molecule has 1 saturated heterocycles. The molecule has 2 aromatic carbocycles. The van der Waals surface area contributed by atoms with Gasteiger partial charge in [0, 0.05) is 18.2 Å². The number of nitrogens with one attached hydrogen (secondary N) is 2. The lowest BCUT2D eigenvalue weighted by Crippen LogP contribution is -2.38. The fourth-order valence-corrected chi connectivity index (χ4v) is 3.59. The molecule has 0 saturated carbocycles. The van der Waals surface area contributed by atoms with Gasteiger partial charge in [0.15, 0.2) is 0 Å². The summed E-state index contributed by atoms with van der Waals surface area (Å²) in [5, 5.41) is 7.38. The zero-order chi connectivity index (χ0) is 18.6. The summed E-state index contributed by atoms with van der Waals surface area (Å²) in [7, 11) is 0. The molecule has 4 rings (SSSR count). The molecule has 0 spiro atoms. The van der Waals surface area contributed by atoms with Crippen molar-refractivity contribution in [2.24, 2.45) is 0 Å². The minimum Gasteiger partial charge on any atom is -0.350 e. The molecule has 2 heterocycles. The number of nitrogens with zero attached hydrogens (tertiary/aromatic N) is 2. The van der Waals surface area contributed by atoms with E-state index in [0.717, 1.165) is 42.8 Å². The van der Waals surface area contributed by atoms with Crippen LogP contribution in [-0.2, 0) is 0 Å². The van der Waals surface area contributed by atoms with Crippen molar-refractivity contribution < 1.29 is 0 Å². The van der Waals surface area contributed by atoms with E-state index in [0.29, 0.717) is 17.0 Å². The van der Waals surface area contributed by atoms with Crippen molar-refractivity contribution in [3.63, 3.8) is 0 Å². The summed E-state index contributed by atoms with van der Waals surface area (Å²) in [6.07, 6.45) is 3.97. The molecule has 1 aromatic heterocycles. The largest absolute Gasteiger partial charge is 0.350 e. The molecule has 0 radical (unpaired) electrons. The zero-order valence-electron chi connectivity index (χ0n) is 15.4. The van der Waals surface area contributed by atoms with Crippen LogP contribution in [0.5, 0.6) is 0 Å². The first-order chi connectivity index (χ1) is 13.2. The van der Waals surface area contributed by atoms with Crippen LogP contribution in [-0.4, -0.2) is 29.1 Å². The van der Waals surface area contributed by atoms with Gasteiger partial charge in [0.05, 0.1) is 16.9 Å². The molecule has 138 valence electrons. The third-order valence-corrected chi connectivity index (χ3v) is 5.17. The van der Waals surface area contributed by atoms with Crippen LogP contribution in [0.3, 0.4) is 0 Å². The lowest BCUT2D eigenvalue weighted by Gasteiger charge is -2.23. The third kappa shape index (κ3) is 4.29. The Kier molecular flexibility index (Phi) is 5.37. The van der Waals surface area contributed by atoms with Crippen LogP contribution in [0.15, 0.2) is 54.7 Å². The summed E-state index contributed by atoms with van der Waals surface area (Å²) in [5.41, 5.74) is 5.33. The fraction of sp³-hybridized carbons (Fsp3) is 0.273. The molecule has 0 amide bonds. The zero-order valence-corrected chi connectivity index (χ0v) is 16.1. The Morgan fingerprint density at radius 3 is 2.67 bits per heavy atom. The van der Waals surface area contributed by atoms with E-state index in [2.05, 4.69) is 58.9 Å². The molecule has 0 aliphatic carbocycles. The maximum Gasteiger partial charge on any atom is 0.223 e. The Labute approximate surface area is 165 Å². The predicted octanol–water partition coefficient (Wildman–Crippen LogP) is 4.94. The van der Waals surface area contributed by atoms with E-state index >= 15 is 0 Å². The Bertz CT molecular complexity index is 918. The van der Waals surface area contributed by atoms with Crippen molar-refractivity contribution in [2.45, 2.75) is 25.8 Å². The van der Waals surface area contributed by atoms with Crippen molar-refractivity contribution in [1.29, 1.82) is 0 Å². The summed E-state index contributed by atoms with van der Waals surface area (Å²) in [6.45, 7) is 4.11. The highest BCUT2D eigenvalue weighted by atomic mass is 35.5. The summed E-state index contributed by atoms with van der Waals surface area (Å²) in [6, 6.07) is 17.2. The molecule has 0 unspecified atom stereocenters. The Balaban J connectivity index is 1.63.